The fourth-order valence-corrected chi connectivity index (χ4v) is 2.26. The third-order valence-electron chi connectivity index (χ3n) is 2.98. The zero-order chi connectivity index (χ0) is 14.9. The Morgan fingerprint density at radius 2 is 2.10 bits per heavy atom. The van der Waals surface area contributed by atoms with Crippen molar-refractivity contribution in [3.8, 4) is 5.75 Å². The molecule has 0 bridgehead atoms. The Labute approximate surface area is 119 Å². The summed E-state index contributed by atoms with van der Waals surface area (Å²) in [5.41, 5.74) is 2.26. The van der Waals surface area contributed by atoms with E-state index < -0.39 is 11.7 Å². The number of carbonyl (C=O) groups is 1. The van der Waals surface area contributed by atoms with Crippen LogP contribution in [0.4, 0.5) is 16.2 Å². The van der Waals surface area contributed by atoms with E-state index in [1.165, 1.54) is 0 Å². The second-order valence-electron chi connectivity index (χ2n) is 6.09. The van der Waals surface area contributed by atoms with Crippen LogP contribution in [-0.4, -0.2) is 24.8 Å². The summed E-state index contributed by atoms with van der Waals surface area (Å²) in [4.78, 5) is 11.9. The van der Waals surface area contributed by atoms with Gasteiger partial charge in [-0.15, -0.1) is 0 Å². The number of methoxy groups -OCH3 is 1. The summed E-state index contributed by atoms with van der Waals surface area (Å²) in [6.07, 6.45) is 0.449. The van der Waals surface area contributed by atoms with E-state index in [0.717, 1.165) is 23.4 Å². The molecular formula is C15H22N2O3. The van der Waals surface area contributed by atoms with E-state index in [4.69, 9.17) is 9.47 Å². The molecule has 0 radical (unpaired) electrons. The molecule has 5 nitrogen and oxygen atoms in total. The number of amides is 1. The second-order valence-corrected chi connectivity index (χ2v) is 6.09. The van der Waals surface area contributed by atoms with Gasteiger partial charge >= 0.3 is 6.09 Å². The maximum atomic E-state index is 11.9. The highest BCUT2D eigenvalue weighted by Crippen LogP contribution is 2.37. The Hall–Kier alpha value is -1.91. The fourth-order valence-electron chi connectivity index (χ4n) is 2.26. The van der Waals surface area contributed by atoms with Crippen molar-refractivity contribution in [1.82, 2.24) is 0 Å². The highest BCUT2D eigenvalue weighted by molar-refractivity contribution is 5.92. The van der Waals surface area contributed by atoms with Gasteiger partial charge in [-0.25, -0.2) is 4.79 Å². The van der Waals surface area contributed by atoms with Gasteiger partial charge in [-0.1, -0.05) is 0 Å². The zero-order valence-electron chi connectivity index (χ0n) is 12.7. The van der Waals surface area contributed by atoms with Crippen LogP contribution in [0.5, 0.6) is 5.75 Å². The van der Waals surface area contributed by atoms with Crippen molar-refractivity contribution in [3.05, 3.63) is 17.7 Å². The largest absolute Gasteiger partial charge is 0.497 e. The predicted molar refractivity (Wildman–Crippen MR) is 79.6 cm³/mol. The van der Waals surface area contributed by atoms with E-state index in [2.05, 4.69) is 17.6 Å². The molecule has 2 rings (SSSR count). The van der Waals surface area contributed by atoms with Gasteiger partial charge in [0.2, 0.25) is 0 Å². The average molecular weight is 278 g/mol. The molecule has 2 N–H and O–H groups in total. The minimum absolute atomic E-state index is 0.344. The van der Waals surface area contributed by atoms with Crippen LogP contribution in [0.15, 0.2) is 12.1 Å². The summed E-state index contributed by atoms with van der Waals surface area (Å²) in [6, 6.07) is 4.14. The number of nitrogens with one attached hydrogen (secondary N) is 2. The molecule has 0 aromatic heterocycles. The maximum Gasteiger partial charge on any atom is 0.412 e. The smallest absolute Gasteiger partial charge is 0.412 e. The number of anilines is 2. The van der Waals surface area contributed by atoms with E-state index in [1.807, 2.05) is 26.8 Å². The number of carbonyl (C=O) groups excluding carboxylic acids is 1. The molecule has 0 aliphatic carbocycles. The van der Waals surface area contributed by atoms with Crippen molar-refractivity contribution >= 4 is 17.5 Å². The molecular weight excluding hydrogens is 256 g/mol. The minimum atomic E-state index is -0.521. The first-order valence-electron chi connectivity index (χ1n) is 6.76. The molecule has 1 aliphatic rings. The van der Waals surface area contributed by atoms with Gasteiger partial charge in [0.1, 0.15) is 11.4 Å². The molecule has 1 heterocycles. The monoisotopic (exact) mass is 278 g/mol. The van der Waals surface area contributed by atoms with Gasteiger partial charge in [-0.2, -0.15) is 0 Å². The molecule has 1 amide bonds. The van der Waals surface area contributed by atoms with Crippen molar-refractivity contribution in [2.45, 2.75) is 45.8 Å². The molecule has 0 saturated heterocycles. The fraction of sp³-hybridized carbons (Fsp3) is 0.533. The van der Waals surface area contributed by atoms with Crippen molar-refractivity contribution in [2.75, 3.05) is 17.7 Å². The van der Waals surface area contributed by atoms with Gasteiger partial charge in [-0.3, -0.25) is 5.32 Å². The lowest BCUT2D eigenvalue weighted by molar-refractivity contribution is 0.0636. The van der Waals surface area contributed by atoms with Gasteiger partial charge in [0.15, 0.2) is 0 Å². The highest BCUT2D eigenvalue weighted by Gasteiger charge is 2.23. The molecule has 0 saturated carbocycles. The number of rotatable bonds is 2. The van der Waals surface area contributed by atoms with Gasteiger partial charge < -0.3 is 14.8 Å². The van der Waals surface area contributed by atoms with E-state index in [-0.39, 0.29) is 0 Å². The van der Waals surface area contributed by atoms with E-state index in [9.17, 15) is 4.79 Å². The molecule has 20 heavy (non-hydrogen) atoms. The number of hydrogen-bond acceptors (Lipinski definition) is 4. The van der Waals surface area contributed by atoms with Crippen molar-refractivity contribution in [3.63, 3.8) is 0 Å². The van der Waals surface area contributed by atoms with Crippen LogP contribution in [0.2, 0.25) is 0 Å². The van der Waals surface area contributed by atoms with Gasteiger partial charge in [0, 0.05) is 12.1 Å². The molecule has 110 valence electrons. The lowest BCUT2D eigenvalue weighted by Gasteiger charge is -2.20. The Kier molecular flexibility index (Phi) is 3.79. The summed E-state index contributed by atoms with van der Waals surface area (Å²) in [7, 11) is 1.62. The first-order valence-corrected chi connectivity index (χ1v) is 6.76. The molecule has 1 aliphatic heterocycles. The van der Waals surface area contributed by atoms with Crippen molar-refractivity contribution < 1.29 is 14.3 Å². The highest BCUT2D eigenvalue weighted by atomic mass is 16.6. The van der Waals surface area contributed by atoms with Crippen LogP contribution >= 0.6 is 0 Å². The lowest BCUT2D eigenvalue weighted by atomic mass is 10.1. The SMILES string of the molecule is COc1cc2c(c(NC(=O)OC(C)(C)C)c1)NC(C)C2. The quantitative estimate of drug-likeness (QED) is 0.870. The second kappa shape index (κ2) is 5.23. The van der Waals surface area contributed by atoms with Gasteiger partial charge in [0.25, 0.3) is 0 Å². The Morgan fingerprint density at radius 1 is 1.40 bits per heavy atom. The molecule has 0 spiro atoms. The van der Waals surface area contributed by atoms with Gasteiger partial charge in [0.05, 0.1) is 18.5 Å². The van der Waals surface area contributed by atoms with E-state index in [0.29, 0.717) is 11.7 Å². The molecule has 1 atom stereocenters. The predicted octanol–water partition coefficient (Wildman–Crippen LogP) is 3.40. The molecule has 1 aromatic rings. The minimum Gasteiger partial charge on any atom is -0.497 e. The maximum absolute atomic E-state index is 11.9. The van der Waals surface area contributed by atoms with E-state index >= 15 is 0 Å². The summed E-state index contributed by atoms with van der Waals surface area (Å²) in [6.45, 7) is 7.61. The number of benzene rings is 1. The summed E-state index contributed by atoms with van der Waals surface area (Å²) in [5, 5.41) is 6.15. The van der Waals surface area contributed by atoms with Crippen LogP contribution in [0.1, 0.15) is 33.3 Å². The summed E-state index contributed by atoms with van der Waals surface area (Å²) >= 11 is 0. The molecule has 5 heteroatoms. The first-order chi connectivity index (χ1) is 9.28. The number of hydrogen-bond donors (Lipinski definition) is 2. The van der Waals surface area contributed by atoms with Crippen LogP contribution in [0, 0.1) is 0 Å². The Morgan fingerprint density at radius 3 is 2.70 bits per heavy atom. The van der Waals surface area contributed by atoms with Crippen molar-refractivity contribution in [1.29, 1.82) is 0 Å². The zero-order valence-corrected chi connectivity index (χ0v) is 12.7. The Balaban J connectivity index is 2.23. The van der Waals surface area contributed by atoms with Crippen LogP contribution in [0.3, 0.4) is 0 Å². The van der Waals surface area contributed by atoms with Gasteiger partial charge in [-0.05, 0) is 45.7 Å². The third kappa shape index (κ3) is 3.35. The van der Waals surface area contributed by atoms with Crippen LogP contribution in [0.25, 0.3) is 0 Å². The Bertz CT molecular complexity index is 521. The third-order valence-corrected chi connectivity index (χ3v) is 2.98. The average Bonchev–Trinajstić information content (AvgIpc) is 2.66. The van der Waals surface area contributed by atoms with E-state index in [1.54, 1.807) is 13.2 Å². The lowest BCUT2D eigenvalue weighted by Crippen LogP contribution is -2.27. The first kappa shape index (κ1) is 14.5. The number of ether oxygens (including phenoxy) is 2. The topological polar surface area (TPSA) is 59.6 Å². The van der Waals surface area contributed by atoms with Crippen LogP contribution < -0.4 is 15.4 Å². The summed E-state index contributed by atoms with van der Waals surface area (Å²) < 4.78 is 10.6. The molecule has 0 fully saturated rings. The summed E-state index contributed by atoms with van der Waals surface area (Å²) in [5.74, 6) is 0.728. The molecule has 1 aromatic carbocycles. The number of fused-ring (bicyclic) bond motifs is 1. The van der Waals surface area contributed by atoms with Crippen LogP contribution in [-0.2, 0) is 11.2 Å². The molecule has 1 unspecified atom stereocenters. The van der Waals surface area contributed by atoms with Crippen molar-refractivity contribution in [2.24, 2.45) is 0 Å². The standard InChI is InChI=1S/C15H22N2O3/c1-9-6-10-7-11(19-5)8-12(13(10)16-9)17-14(18)20-15(2,3)4/h7-9,16H,6H2,1-5H3,(H,17,18). The normalized spacial score (nSPS) is 17.1.